The molecular weight excluding hydrogens is 1240 g/mol. The molecule has 8 heterocycles. The molecule has 1 aliphatic rings. The molecule has 0 N–H and O–H groups in total. The van der Waals surface area contributed by atoms with E-state index in [0.717, 1.165) is 157 Å². The van der Waals surface area contributed by atoms with E-state index in [4.69, 9.17) is 55.7 Å². The summed E-state index contributed by atoms with van der Waals surface area (Å²) in [5, 5.41) is 9.55. The van der Waals surface area contributed by atoms with Crippen LogP contribution in [0.25, 0.3) is 162 Å². The number of halogens is 2. The summed E-state index contributed by atoms with van der Waals surface area (Å²) in [6, 6.07) is 85.6. The Morgan fingerprint density at radius 2 is 0.745 bits per heavy atom. The van der Waals surface area contributed by atoms with Gasteiger partial charge in [0, 0.05) is 80.3 Å². The van der Waals surface area contributed by atoms with Gasteiger partial charge < -0.3 is 22.6 Å². The highest BCUT2D eigenvalue weighted by molar-refractivity contribution is 7.26. The molecule has 7 aromatic heterocycles. The molecule has 11 aromatic carbocycles. The van der Waals surface area contributed by atoms with E-state index in [9.17, 15) is 0 Å². The highest BCUT2D eigenvalue weighted by Gasteiger charge is 2.51. The number of hydrogen-bond acceptors (Lipinski definition) is 11. The number of nitrogens with zero attached hydrogens (tertiary/aromatic N) is 4. The van der Waals surface area contributed by atoms with Gasteiger partial charge in [0.15, 0.2) is 11.0 Å². The van der Waals surface area contributed by atoms with E-state index >= 15 is 0 Å². The largest absolute Gasteiger partial charge is 0.494 e. The molecule has 14 heteroatoms. The van der Waals surface area contributed by atoms with Crippen molar-refractivity contribution in [3.8, 4) is 56.0 Å². The van der Waals surface area contributed by atoms with Crippen LogP contribution >= 0.6 is 45.9 Å². The molecule has 0 spiro atoms. The first-order valence-corrected chi connectivity index (χ1v) is 33.3. The number of furan rings is 3. The van der Waals surface area contributed by atoms with E-state index in [2.05, 4.69) is 220 Å². The lowest BCUT2D eigenvalue weighted by Gasteiger charge is -2.32. The quantitative estimate of drug-likeness (QED) is 0.0913. The Hall–Kier alpha value is -10.0. The van der Waals surface area contributed by atoms with Gasteiger partial charge in [-0.25, -0.2) is 19.9 Å². The minimum absolute atomic E-state index is 0.191. The van der Waals surface area contributed by atoms with Crippen LogP contribution in [-0.4, -0.2) is 38.3 Å². The molecule has 0 aliphatic carbocycles. The second kappa shape index (κ2) is 22.9. The Labute approximate surface area is 557 Å². The van der Waals surface area contributed by atoms with Crippen molar-refractivity contribution in [1.82, 2.24) is 19.9 Å². The van der Waals surface area contributed by atoms with Gasteiger partial charge in [0.2, 0.25) is 5.28 Å². The van der Waals surface area contributed by atoms with Crippen molar-refractivity contribution >= 4 is 165 Å². The SMILES string of the molecule is CC1(C)OB(c2cccc(-c3cccc4c3oc3ccccc34)c2)OC1(C)C.Clc1nc(Cl)c2sc3ccccc3c2n1.c1cc(-c2nc(-c3cccc(-c4cccc5c4oc4ccccc45)c3)c3sc4ccccc4c3n2)cc(-c2cccc3c2oc2ccccc23)c1. The maximum Gasteiger partial charge on any atom is 0.494 e. The van der Waals surface area contributed by atoms with Crippen LogP contribution in [0.5, 0.6) is 0 Å². The highest BCUT2D eigenvalue weighted by Crippen LogP contribution is 2.45. The standard InChI is InChI=1S/C46H26N2O2S.C24H23BO3.C10H4Cl2N2S/c1-4-22-38-33(15-1)35-20-9-18-31(43(35)49-38)27-11-7-13-29(25-27)41-45-42(37-17-3-6-24-40(37)51-45)48-46(47-41)30-14-8-12-28(26-30)32-19-10-21-36-34-16-2-5-23-39(34)50-44(32)36;1-23(2)24(3,4)28-25(27-23)17-10-7-9-16(15-17)18-12-8-13-20-19-11-5-6-14-21(19)26-22(18)20;11-9-8-7(13-10(12)14-9)5-3-1-2-4-6(5)15-8/h1-26H;5-15H,1-4H3;1-4H. The zero-order valence-electron chi connectivity index (χ0n) is 51.2. The minimum Gasteiger partial charge on any atom is -0.455 e. The molecule has 0 bridgehead atoms. The van der Waals surface area contributed by atoms with Gasteiger partial charge in [-0.05, 0) is 104 Å². The van der Waals surface area contributed by atoms with Gasteiger partial charge >= 0.3 is 7.12 Å². The zero-order chi connectivity index (χ0) is 63.4. The fourth-order valence-electron chi connectivity index (χ4n) is 12.9. The Kier molecular flexibility index (Phi) is 14.1. The highest BCUT2D eigenvalue weighted by atomic mass is 35.5. The van der Waals surface area contributed by atoms with Gasteiger partial charge in [0.1, 0.15) is 33.5 Å². The van der Waals surface area contributed by atoms with E-state index in [-0.39, 0.29) is 23.6 Å². The molecule has 9 nitrogen and oxygen atoms in total. The first kappa shape index (κ1) is 57.9. The molecule has 0 saturated carbocycles. The lowest BCUT2D eigenvalue weighted by atomic mass is 9.78. The number of hydrogen-bond donors (Lipinski definition) is 0. The molecule has 0 radical (unpaired) electrons. The summed E-state index contributed by atoms with van der Waals surface area (Å²) < 4.78 is 35.8. The second-order valence-corrected chi connectivity index (χ2v) is 27.2. The van der Waals surface area contributed by atoms with Gasteiger partial charge in [-0.3, -0.25) is 0 Å². The first-order valence-electron chi connectivity index (χ1n) is 31.0. The average Bonchev–Trinajstić information content (AvgIpc) is 1.60. The summed E-state index contributed by atoms with van der Waals surface area (Å²) in [6.45, 7) is 8.30. The van der Waals surface area contributed by atoms with E-state index in [1.807, 2.05) is 66.7 Å². The van der Waals surface area contributed by atoms with Crippen LogP contribution in [0.4, 0.5) is 0 Å². The van der Waals surface area contributed by atoms with Crippen molar-refractivity contribution in [3.63, 3.8) is 0 Å². The van der Waals surface area contributed by atoms with Crippen LogP contribution in [0.1, 0.15) is 27.7 Å². The predicted octanol–water partition coefficient (Wildman–Crippen LogP) is 23.0. The van der Waals surface area contributed by atoms with E-state index in [1.165, 1.54) is 4.70 Å². The summed E-state index contributed by atoms with van der Waals surface area (Å²) >= 11 is 15.1. The summed E-state index contributed by atoms with van der Waals surface area (Å²) in [4.78, 5) is 18.7. The van der Waals surface area contributed by atoms with Crippen molar-refractivity contribution in [2.24, 2.45) is 0 Å². The number of thiophene rings is 2. The van der Waals surface area contributed by atoms with Gasteiger partial charge in [0.05, 0.1) is 37.3 Å². The molecular formula is C80H53BCl2N4O5S2. The number of benzene rings is 11. The summed E-state index contributed by atoms with van der Waals surface area (Å²) in [6.07, 6.45) is 0. The van der Waals surface area contributed by atoms with Gasteiger partial charge in [-0.2, -0.15) is 0 Å². The Bertz CT molecular complexity index is 6030. The summed E-state index contributed by atoms with van der Waals surface area (Å²) in [7, 11) is -0.375. The van der Waals surface area contributed by atoms with Crippen molar-refractivity contribution < 1.29 is 22.6 Å². The fraction of sp³-hybridized carbons (Fsp3) is 0.0750. The molecule has 18 aromatic rings. The lowest BCUT2D eigenvalue weighted by Crippen LogP contribution is -2.41. The number of rotatable bonds is 6. The summed E-state index contributed by atoms with van der Waals surface area (Å²) in [5.41, 5.74) is 16.8. The van der Waals surface area contributed by atoms with Crippen LogP contribution in [0.2, 0.25) is 10.4 Å². The van der Waals surface area contributed by atoms with E-state index in [1.54, 1.807) is 22.7 Å². The fourth-order valence-corrected chi connectivity index (χ4v) is 15.5. The molecule has 1 saturated heterocycles. The molecule has 452 valence electrons. The van der Waals surface area contributed by atoms with Gasteiger partial charge in [0.25, 0.3) is 0 Å². The van der Waals surface area contributed by atoms with E-state index < -0.39 is 0 Å². The topological polar surface area (TPSA) is 109 Å². The molecule has 19 rings (SSSR count). The molecule has 0 amide bonds. The van der Waals surface area contributed by atoms with Crippen molar-refractivity contribution in [2.45, 2.75) is 38.9 Å². The third-order valence-corrected chi connectivity index (χ3v) is 21.1. The monoisotopic (exact) mass is 1290 g/mol. The van der Waals surface area contributed by atoms with Crippen LogP contribution in [0.3, 0.4) is 0 Å². The third kappa shape index (κ3) is 9.99. The minimum atomic E-state index is -0.375. The number of aromatic nitrogens is 4. The first-order chi connectivity index (χ1) is 45.9. The van der Waals surface area contributed by atoms with Crippen LogP contribution in [-0.2, 0) is 9.31 Å². The maximum atomic E-state index is 6.43. The molecule has 0 unspecified atom stereocenters. The molecule has 1 aliphatic heterocycles. The Morgan fingerprint density at radius 1 is 0.351 bits per heavy atom. The second-order valence-electron chi connectivity index (χ2n) is 24.4. The van der Waals surface area contributed by atoms with Crippen LogP contribution in [0, 0.1) is 0 Å². The number of fused-ring (bicyclic) bond motifs is 15. The maximum absolute atomic E-state index is 6.43. The van der Waals surface area contributed by atoms with Crippen LogP contribution in [0.15, 0.2) is 262 Å². The van der Waals surface area contributed by atoms with Gasteiger partial charge in [-0.1, -0.05) is 218 Å². The van der Waals surface area contributed by atoms with Gasteiger partial charge in [-0.15, -0.1) is 22.7 Å². The normalized spacial score (nSPS) is 13.7. The molecule has 0 atom stereocenters. The lowest BCUT2D eigenvalue weighted by molar-refractivity contribution is 0.00578. The summed E-state index contributed by atoms with van der Waals surface area (Å²) in [5.74, 6) is 0.685. The molecule has 1 fully saturated rings. The van der Waals surface area contributed by atoms with E-state index in [0.29, 0.717) is 11.0 Å². The Balaban J connectivity index is 0.000000129. The molecule has 94 heavy (non-hydrogen) atoms. The predicted molar refractivity (Wildman–Crippen MR) is 391 cm³/mol. The zero-order valence-corrected chi connectivity index (χ0v) is 54.3. The van der Waals surface area contributed by atoms with Crippen molar-refractivity contribution in [3.05, 3.63) is 259 Å². The number of para-hydroxylation sites is 6. The average molecular weight is 1300 g/mol. The third-order valence-electron chi connectivity index (χ3n) is 18.2. The van der Waals surface area contributed by atoms with Crippen molar-refractivity contribution in [1.29, 1.82) is 0 Å². The Morgan fingerprint density at radius 3 is 1.27 bits per heavy atom. The smallest absolute Gasteiger partial charge is 0.455 e. The van der Waals surface area contributed by atoms with Crippen LogP contribution < -0.4 is 5.46 Å². The van der Waals surface area contributed by atoms with Crippen molar-refractivity contribution in [2.75, 3.05) is 0 Å².